The lowest BCUT2D eigenvalue weighted by atomic mass is 10.3. The first-order chi connectivity index (χ1) is 8.88. The lowest BCUT2D eigenvalue weighted by Gasteiger charge is -2.06. The van der Waals surface area contributed by atoms with E-state index < -0.39 is 15.8 Å². The van der Waals surface area contributed by atoms with E-state index in [1.165, 1.54) is 23.5 Å². The van der Waals surface area contributed by atoms with E-state index in [2.05, 4.69) is 20.7 Å². The molecule has 1 N–H and O–H groups in total. The van der Waals surface area contributed by atoms with E-state index in [0.29, 0.717) is 0 Å². The normalized spacial score (nSPS) is 11.7. The summed E-state index contributed by atoms with van der Waals surface area (Å²) in [6, 6.07) is 7.51. The van der Waals surface area contributed by atoms with E-state index in [-0.39, 0.29) is 15.9 Å². The van der Waals surface area contributed by atoms with E-state index in [1.807, 2.05) is 19.1 Å². The smallest absolute Gasteiger partial charge is 0.207 e. The van der Waals surface area contributed by atoms with Gasteiger partial charge in [-0.2, -0.15) is 0 Å². The van der Waals surface area contributed by atoms with E-state index in [1.54, 1.807) is 0 Å². The van der Waals surface area contributed by atoms with E-state index >= 15 is 0 Å². The average molecular weight is 364 g/mol. The first-order valence-corrected chi connectivity index (χ1v) is 8.48. The maximum atomic E-state index is 13.3. The van der Waals surface area contributed by atoms with Crippen molar-refractivity contribution in [3.63, 3.8) is 0 Å². The molecular formula is C12H11BrFNO2S2. The Morgan fingerprint density at radius 2 is 2.05 bits per heavy atom. The molecule has 0 aliphatic rings. The first-order valence-electron chi connectivity index (χ1n) is 5.38. The molecule has 3 nitrogen and oxygen atoms in total. The third-order valence-electron chi connectivity index (χ3n) is 2.43. The van der Waals surface area contributed by atoms with Gasteiger partial charge in [0.15, 0.2) is 0 Å². The topological polar surface area (TPSA) is 46.2 Å². The quantitative estimate of drug-likeness (QED) is 0.904. The number of sulfonamides is 1. The third kappa shape index (κ3) is 3.62. The van der Waals surface area contributed by atoms with Crippen LogP contribution in [-0.4, -0.2) is 8.42 Å². The molecule has 0 radical (unpaired) electrons. The van der Waals surface area contributed by atoms with E-state index in [4.69, 9.17) is 0 Å². The van der Waals surface area contributed by atoms with Crippen LogP contribution in [0.15, 0.2) is 39.7 Å². The minimum absolute atomic E-state index is 0.0820. The lowest BCUT2D eigenvalue weighted by Crippen LogP contribution is -2.22. The summed E-state index contributed by atoms with van der Waals surface area (Å²) in [5.74, 6) is -0.602. The molecule has 0 aliphatic heterocycles. The van der Waals surface area contributed by atoms with Crippen LogP contribution in [0.1, 0.15) is 9.75 Å². The molecule has 0 fully saturated rings. The molecule has 0 bridgehead atoms. The van der Waals surface area contributed by atoms with Gasteiger partial charge >= 0.3 is 0 Å². The summed E-state index contributed by atoms with van der Waals surface area (Å²) in [6.07, 6.45) is 0. The molecule has 0 atom stereocenters. The molecule has 19 heavy (non-hydrogen) atoms. The van der Waals surface area contributed by atoms with Gasteiger partial charge in [0, 0.05) is 16.3 Å². The second kappa shape index (κ2) is 5.70. The second-order valence-electron chi connectivity index (χ2n) is 3.91. The highest BCUT2D eigenvalue weighted by Gasteiger charge is 2.15. The van der Waals surface area contributed by atoms with Crippen molar-refractivity contribution in [1.29, 1.82) is 0 Å². The summed E-state index contributed by atoms with van der Waals surface area (Å²) in [6.45, 7) is 2.16. The summed E-state index contributed by atoms with van der Waals surface area (Å²) >= 11 is 4.51. The standard InChI is InChI=1S/C12H11BrFNO2S2/c1-8-2-3-9(18-8)7-15-19(16,17)10-4-5-11(13)12(14)6-10/h2-6,15H,7H2,1H3. The Hall–Kier alpha value is -0.760. The molecule has 2 rings (SSSR count). The Balaban J connectivity index is 2.16. The number of halogens is 2. The molecule has 1 heterocycles. The largest absolute Gasteiger partial charge is 0.241 e. The Kier molecular flexibility index (Phi) is 4.39. The molecule has 102 valence electrons. The first kappa shape index (κ1) is 14.6. The Bertz CT molecular complexity index is 698. The van der Waals surface area contributed by atoms with E-state index in [9.17, 15) is 12.8 Å². The van der Waals surface area contributed by atoms with Crippen molar-refractivity contribution in [3.8, 4) is 0 Å². The molecule has 0 unspecified atom stereocenters. The summed E-state index contributed by atoms with van der Waals surface area (Å²) in [5.41, 5.74) is 0. The summed E-state index contributed by atoms with van der Waals surface area (Å²) in [4.78, 5) is 1.95. The highest BCUT2D eigenvalue weighted by molar-refractivity contribution is 9.10. The highest BCUT2D eigenvalue weighted by Crippen LogP contribution is 2.20. The maximum Gasteiger partial charge on any atom is 0.241 e. The minimum Gasteiger partial charge on any atom is -0.207 e. The Morgan fingerprint density at radius 3 is 2.63 bits per heavy atom. The predicted molar refractivity (Wildman–Crippen MR) is 77.2 cm³/mol. The van der Waals surface area contributed by atoms with Crippen LogP contribution in [0.3, 0.4) is 0 Å². The highest BCUT2D eigenvalue weighted by atomic mass is 79.9. The van der Waals surface area contributed by atoms with Crippen LogP contribution in [0.4, 0.5) is 4.39 Å². The zero-order chi connectivity index (χ0) is 14.0. The number of benzene rings is 1. The fourth-order valence-electron chi connectivity index (χ4n) is 1.47. The molecule has 0 spiro atoms. The van der Waals surface area contributed by atoms with Gasteiger partial charge in [-0.1, -0.05) is 0 Å². The summed E-state index contributed by atoms with van der Waals surface area (Å²) in [5, 5.41) is 0. The van der Waals surface area contributed by atoms with Gasteiger partial charge in [0.1, 0.15) is 5.82 Å². The van der Waals surface area contributed by atoms with Crippen LogP contribution < -0.4 is 4.72 Å². The number of hydrogen-bond acceptors (Lipinski definition) is 3. The third-order valence-corrected chi connectivity index (χ3v) is 5.48. The van der Waals surface area contributed by atoms with Gasteiger partial charge in [0.2, 0.25) is 10.0 Å². The van der Waals surface area contributed by atoms with Gasteiger partial charge in [-0.05, 0) is 53.2 Å². The van der Waals surface area contributed by atoms with Crippen molar-refractivity contribution >= 4 is 37.3 Å². The van der Waals surface area contributed by atoms with Crippen LogP contribution in [-0.2, 0) is 16.6 Å². The van der Waals surface area contributed by atoms with Crippen LogP contribution in [0.2, 0.25) is 0 Å². The lowest BCUT2D eigenvalue weighted by molar-refractivity contribution is 0.577. The molecule has 1 aromatic heterocycles. The molecule has 7 heteroatoms. The van der Waals surface area contributed by atoms with Gasteiger partial charge < -0.3 is 0 Å². The Morgan fingerprint density at radius 1 is 1.32 bits per heavy atom. The number of rotatable bonds is 4. The maximum absolute atomic E-state index is 13.3. The van der Waals surface area contributed by atoms with Crippen LogP contribution >= 0.6 is 27.3 Å². The minimum atomic E-state index is -3.69. The number of thiophene rings is 1. The van der Waals surface area contributed by atoms with Gasteiger partial charge in [0.25, 0.3) is 0 Å². The fraction of sp³-hybridized carbons (Fsp3) is 0.167. The van der Waals surface area contributed by atoms with Crippen LogP contribution in [0.25, 0.3) is 0 Å². The van der Waals surface area contributed by atoms with Gasteiger partial charge in [-0.25, -0.2) is 17.5 Å². The van der Waals surface area contributed by atoms with Crippen molar-refractivity contribution in [2.24, 2.45) is 0 Å². The SMILES string of the molecule is Cc1ccc(CNS(=O)(=O)c2ccc(Br)c(F)c2)s1. The van der Waals surface area contributed by atoms with Crippen molar-refractivity contribution in [1.82, 2.24) is 4.72 Å². The zero-order valence-corrected chi connectivity index (χ0v) is 13.2. The predicted octanol–water partition coefficient (Wildman–Crippen LogP) is 3.44. The Labute approximate surface area is 123 Å². The molecule has 0 aliphatic carbocycles. The van der Waals surface area contributed by atoms with Crippen molar-refractivity contribution in [3.05, 3.63) is 50.4 Å². The molecular weight excluding hydrogens is 353 g/mol. The zero-order valence-electron chi connectivity index (χ0n) is 9.98. The summed E-state index contributed by atoms with van der Waals surface area (Å²) in [7, 11) is -3.69. The molecule has 0 amide bonds. The monoisotopic (exact) mass is 363 g/mol. The van der Waals surface area contributed by atoms with Crippen molar-refractivity contribution in [2.75, 3.05) is 0 Å². The molecule has 0 saturated heterocycles. The number of nitrogens with one attached hydrogen (secondary N) is 1. The van der Waals surface area contributed by atoms with Gasteiger partial charge in [0.05, 0.1) is 9.37 Å². The second-order valence-corrected chi connectivity index (χ2v) is 7.91. The average Bonchev–Trinajstić information content (AvgIpc) is 2.76. The van der Waals surface area contributed by atoms with Crippen molar-refractivity contribution < 1.29 is 12.8 Å². The van der Waals surface area contributed by atoms with Crippen molar-refractivity contribution in [2.45, 2.75) is 18.4 Å². The molecule has 2 aromatic rings. The van der Waals surface area contributed by atoms with Gasteiger partial charge in [-0.15, -0.1) is 11.3 Å². The van der Waals surface area contributed by atoms with E-state index in [0.717, 1.165) is 15.8 Å². The number of hydrogen-bond donors (Lipinski definition) is 1. The van der Waals surface area contributed by atoms with Crippen LogP contribution in [0.5, 0.6) is 0 Å². The summed E-state index contributed by atoms with van der Waals surface area (Å²) < 4.78 is 40.0. The number of aryl methyl sites for hydroxylation is 1. The van der Waals surface area contributed by atoms with Crippen LogP contribution in [0, 0.1) is 12.7 Å². The fourth-order valence-corrected chi connectivity index (χ4v) is 3.66. The molecule has 0 saturated carbocycles. The molecule has 1 aromatic carbocycles. The van der Waals surface area contributed by atoms with Gasteiger partial charge in [-0.3, -0.25) is 0 Å².